The van der Waals surface area contributed by atoms with E-state index in [0.717, 1.165) is 56.3 Å². The molecular weight excluding hydrogens is 282 g/mol. The van der Waals surface area contributed by atoms with Gasteiger partial charge in [0.2, 0.25) is 0 Å². The Morgan fingerprint density at radius 1 is 1.00 bits per heavy atom. The molecule has 4 aliphatic carbocycles. The second-order valence-electron chi connectivity index (χ2n) is 7.62. The number of hydrogen-bond donors (Lipinski definition) is 2. The summed E-state index contributed by atoms with van der Waals surface area (Å²) in [5.74, 6) is 2.33. The third-order valence-electron chi connectivity index (χ3n) is 5.65. The molecule has 4 rings (SSSR count). The molecule has 0 spiro atoms. The summed E-state index contributed by atoms with van der Waals surface area (Å²) in [6.07, 6.45) is 9.23. The van der Waals surface area contributed by atoms with Gasteiger partial charge in [0.1, 0.15) is 5.60 Å². The molecule has 0 aromatic rings. The molecule has 4 saturated carbocycles. The highest BCUT2D eigenvalue weighted by Crippen LogP contribution is 2.57. The molecule has 22 heavy (non-hydrogen) atoms. The van der Waals surface area contributed by atoms with Crippen molar-refractivity contribution in [3.05, 3.63) is 0 Å². The highest BCUT2D eigenvalue weighted by Gasteiger charge is 2.53. The number of ether oxygens (including phenoxy) is 1. The molecule has 0 aromatic carbocycles. The van der Waals surface area contributed by atoms with Crippen LogP contribution < -0.4 is 5.32 Å². The van der Waals surface area contributed by atoms with Crippen LogP contribution in [0.1, 0.15) is 64.2 Å². The summed E-state index contributed by atoms with van der Waals surface area (Å²) in [6, 6.07) is 0. The summed E-state index contributed by atoms with van der Waals surface area (Å²) in [5.41, 5.74) is -0.128. The molecule has 4 bridgehead atoms. The van der Waals surface area contributed by atoms with Crippen molar-refractivity contribution in [1.82, 2.24) is 5.32 Å². The van der Waals surface area contributed by atoms with Gasteiger partial charge in [0.25, 0.3) is 0 Å². The van der Waals surface area contributed by atoms with Crippen molar-refractivity contribution >= 4 is 12.1 Å². The fraction of sp³-hybridized carbons (Fsp3) is 0.882. The maximum atomic E-state index is 12.1. The van der Waals surface area contributed by atoms with E-state index in [2.05, 4.69) is 5.32 Å². The molecule has 0 radical (unpaired) electrons. The molecule has 0 aromatic heterocycles. The Labute approximate surface area is 131 Å². The van der Waals surface area contributed by atoms with Gasteiger partial charge in [-0.15, -0.1) is 0 Å². The van der Waals surface area contributed by atoms with E-state index < -0.39 is 6.09 Å². The summed E-state index contributed by atoms with van der Waals surface area (Å²) < 4.78 is 5.95. The zero-order valence-corrected chi connectivity index (χ0v) is 13.2. The summed E-state index contributed by atoms with van der Waals surface area (Å²) in [7, 11) is 0. The van der Waals surface area contributed by atoms with Gasteiger partial charge >= 0.3 is 12.1 Å². The molecule has 0 aliphatic heterocycles. The van der Waals surface area contributed by atoms with Crippen LogP contribution in [-0.2, 0) is 9.53 Å². The molecule has 5 nitrogen and oxygen atoms in total. The van der Waals surface area contributed by atoms with Gasteiger partial charge < -0.3 is 15.2 Å². The zero-order chi connectivity index (χ0) is 15.6. The lowest BCUT2D eigenvalue weighted by Gasteiger charge is -2.55. The van der Waals surface area contributed by atoms with Gasteiger partial charge in [0, 0.05) is 13.0 Å². The molecule has 4 fully saturated rings. The van der Waals surface area contributed by atoms with Gasteiger partial charge in [-0.05, 0) is 69.1 Å². The SMILES string of the molecule is O=C(O)NCCCCCC(=O)OC12CC3CC(CC(C3)C1)C2. The van der Waals surface area contributed by atoms with Crippen molar-refractivity contribution in [2.45, 2.75) is 69.8 Å². The third-order valence-corrected chi connectivity index (χ3v) is 5.65. The third kappa shape index (κ3) is 3.73. The first kappa shape index (κ1) is 15.6. The fourth-order valence-electron chi connectivity index (χ4n) is 5.22. The van der Waals surface area contributed by atoms with Crippen LogP contribution in [0.4, 0.5) is 4.79 Å². The number of amides is 1. The predicted molar refractivity (Wildman–Crippen MR) is 81.5 cm³/mol. The summed E-state index contributed by atoms with van der Waals surface area (Å²) in [5, 5.41) is 10.8. The predicted octanol–water partition coefficient (Wildman–Crippen LogP) is 3.33. The highest BCUT2D eigenvalue weighted by molar-refractivity contribution is 5.70. The average molecular weight is 309 g/mol. The van der Waals surface area contributed by atoms with Gasteiger partial charge in [-0.2, -0.15) is 0 Å². The first-order valence-electron chi connectivity index (χ1n) is 8.73. The Bertz CT molecular complexity index is 399. The Morgan fingerprint density at radius 2 is 1.59 bits per heavy atom. The molecule has 0 heterocycles. The quantitative estimate of drug-likeness (QED) is 0.559. The first-order chi connectivity index (χ1) is 10.5. The molecule has 1 amide bonds. The standard InChI is InChI=1S/C17H27NO4/c19-15(4-2-1-3-5-18-16(20)21)22-17-9-12-6-13(10-17)8-14(7-12)11-17/h12-14,18H,1-11H2,(H,20,21). The van der Waals surface area contributed by atoms with Crippen molar-refractivity contribution in [2.75, 3.05) is 6.54 Å². The van der Waals surface area contributed by atoms with E-state index in [-0.39, 0.29) is 11.6 Å². The van der Waals surface area contributed by atoms with Gasteiger partial charge in [-0.3, -0.25) is 4.79 Å². The van der Waals surface area contributed by atoms with Crippen LogP contribution in [0.3, 0.4) is 0 Å². The number of nitrogens with one attached hydrogen (secondary N) is 1. The van der Waals surface area contributed by atoms with Crippen LogP contribution >= 0.6 is 0 Å². The van der Waals surface area contributed by atoms with Gasteiger partial charge in [0.15, 0.2) is 0 Å². The van der Waals surface area contributed by atoms with Crippen LogP contribution in [0, 0.1) is 17.8 Å². The van der Waals surface area contributed by atoms with Gasteiger partial charge in [-0.1, -0.05) is 6.42 Å². The lowest BCUT2D eigenvalue weighted by atomic mass is 9.54. The molecule has 0 saturated heterocycles. The van der Waals surface area contributed by atoms with Crippen LogP contribution in [-0.4, -0.2) is 29.3 Å². The van der Waals surface area contributed by atoms with E-state index >= 15 is 0 Å². The van der Waals surface area contributed by atoms with E-state index in [4.69, 9.17) is 9.84 Å². The molecular formula is C17H27NO4. The average Bonchev–Trinajstić information content (AvgIpc) is 2.40. The Kier molecular flexibility index (Phi) is 4.59. The van der Waals surface area contributed by atoms with E-state index in [0.29, 0.717) is 13.0 Å². The minimum absolute atomic E-state index is 0.0480. The minimum atomic E-state index is -0.985. The molecule has 5 heteroatoms. The topological polar surface area (TPSA) is 75.6 Å². The normalized spacial score (nSPS) is 35.4. The summed E-state index contributed by atoms with van der Waals surface area (Å²) >= 11 is 0. The molecule has 4 aliphatic rings. The number of carbonyl (C=O) groups is 2. The lowest BCUT2D eigenvalue weighted by molar-refractivity contribution is -0.186. The maximum absolute atomic E-state index is 12.1. The number of unbranched alkanes of at least 4 members (excludes halogenated alkanes) is 2. The van der Waals surface area contributed by atoms with Crippen LogP contribution in [0.5, 0.6) is 0 Å². The second-order valence-corrected chi connectivity index (χ2v) is 7.62. The number of carbonyl (C=O) groups excluding carboxylic acids is 1. The molecule has 124 valence electrons. The van der Waals surface area contributed by atoms with Crippen molar-refractivity contribution in [1.29, 1.82) is 0 Å². The van der Waals surface area contributed by atoms with E-state index in [9.17, 15) is 9.59 Å². The van der Waals surface area contributed by atoms with Crippen LogP contribution in [0.2, 0.25) is 0 Å². The Morgan fingerprint density at radius 3 is 2.14 bits per heavy atom. The minimum Gasteiger partial charge on any atom is -0.465 e. The largest absolute Gasteiger partial charge is 0.465 e. The van der Waals surface area contributed by atoms with Crippen molar-refractivity contribution in [3.63, 3.8) is 0 Å². The highest BCUT2D eigenvalue weighted by atomic mass is 16.6. The van der Waals surface area contributed by atoms with Gasteiger partial charge in [0.05, 0.1) is 0 Å². The maximum Gasteiger partial charge on any atom is 0.404 e. The summed E-state index contributed by atoms with van der Waals surface area (Å²) in [4.78, 5) is 22.4. The van der Waals surface area contributed by atoms with Crippen LogP contribution in [0.15, 0.2) is 0 Å². The van der Waals surface area contributed by atoms with E-state index in [1.807, 2.05) is 0 Å². The van der Waals surface area contributed by atoms with Crippen molar-refractivity contribution in [2.24, 2.45) is 17.8 Å². The zero-order valence-electron chi connectivity index (χ0n) is 13.2. The summed E-state index contributed by atoms with van der Waals surface area (Å²) in [6.45, 7) is 0.458. The van der Waals surface area contributed by atoms with E-state index in [1.54, 1.807) is 0 Å². The van der Waals surface area contributed by atoms with Gasteiger partial charge in [-0.25, -0.2) is 4.79 Å². The smallest absolute Gasteiger partial charge is 0.404 e. The van der Waals surface area contributed by atoms with Crippen LogP contribution in [0.25, 0.3) is 0 Å². The molecule has 0 unspecified atom stereocenters. The van der Waals surface area contributed by atoms with E-state index in [1.165, 1.54) is 19.3 Å². The number of hydrogen-bond acceptors (Lipinski definition) is 3. The number of rotatable bonds is 7. The fourth-order valence-corrected chi connectivity index (χ4v) is 5.22. The number of esters is 1. The second kappa shape index (κ2) is 6.47. The Balaban J connectivity index is 1.36. The van der Waals surface area contributed by atoms with Crippen molar-refractivity contribution in [3.8, 4) is 0 Å². The lowest BCUT2D eigenvalue weighted by Crippen LogP contribution is -2.52. The first-order valence-corrected chi connectivity index (χ1v) is 8.73. The molecule has 0 atom stereocenters. The monoisotopic (exact) mass is 309 g/mol. The molecule has 2 N–H and O–H groups in total. The van der Waals surface area contributed by atoms with Crippen molar-refractivity contribution < 1.29 is 19.4 Å². The number of carboxylic acid groups (broad SMARTS) is 1. The Hall–Kier alpha value is -1.26.